The Morgan fingerprint density at radius 2 is 1.79 bits per heavy atom. The summed E-state index contributed by atoms with van der Waals surface area (Å²) in [6.45, 7) is 2.34. The van der Waals surface area contributed by atoms with Gasteiger partial charge < -0.3 is 10.0 Å². The lowest BCUT2D eigenvalue weighted by atomic mass is 9.53. The Morgan fingerprint density at radius 3 is 2.52 bits per heavy atom. The van der Waals surface area contributed by atoms with E-state index >= 15 is 0 Å². The van der Waals surface area contributed by atoms with Crippen LogP contribution in [0.5, 0.6) is 0 Å². The van der Waals surface area contributed by atoms with Crippen LogP contribution in [0.2, 0.25) is 0 Å². The second kappa shape index (κ2) is 6.84. The first kappa shape index (κ1) is 19.1. The molecule has 1 aromatic rings. The maximum absolute atomic E-state index is 12.1. The van der Waals surface area contributed by atoms with Crippen LogP contribution in [0.25, 0.3) is 0 Å². The molecule has 5 rings (SSSR count). The first-order valence-corrected chi connectivity index (χ1v) is 11.3. The highest BCUT2D eigenvalue weighted by Crippen LogP contribution is 2.63. The Bertz CT molecular complexity index is 894. The molecule has 0 saturated heterocycles. The van der Waals surface area contributed by atoms with E-state index in [2.05, 4.69) is 50.2 Å². The third-order valence-corrected chi connectivity index (χ3v) is 8.49. The molecule has 0 aliphatic heterocycles. The Kier molecular flexibility index (Phi) is 4.51. The lowest BCUT2D eigenvalue weighted by Gasteiger charge is -2.52. The van der Waals surface area contributed by atoms with Gasteiger partial charge in [0.15, 0.2) is 5.78 Å². The first-order valence-electron chi connectivity index (χ1n) is 11.3. The molecule has 0 spiro atoms. The average molecular weight is 392 g/mol. The third kappa shape index (κ3) is 2.92. The number of ketones is 1. The predicted octanol–water partition coefficient (Wildman–Crippen LogP) is 5.01. The number of benzene rings is 1. The molecule has 1 unspecified atom stereocenters. The predicted molar refractivity (Wildman–Crippen MR) is 117 cm³/mol. The van der Waals surface area contributed by atoms with Crippen molar-refractivity contribution in [3.8, 4) is 0 Å². The summed E-state index contributed by atoms with van der Waals surface area (Å²) in [6.07, 6.45) is 8.59. The number of nitrogens with zero attached hydrogens (tertiary/aromatic N) is 1. The number of carbonyl (C=O) groups excluding carboxylic acids is 1. The minimum atomic E-state index is -0.188. The highest BCUT2D eigenvalue weighted by Gasteiger charge is 2.56. The maximum atomic E-state index is 12.1. The van der Waals surface area contributed by atoms with Crippen molar-refractivity contribution in [1.82, 2.24) is 0 Å². The summed E-state index contributed by atoms with van der Waals surface area (Å²) >= 11 is 0. The number of aliphatic hydroxyl groups excluding tert-OH is 1. The molecular formula is C26H33NO2. The molecule has 5 atom stereocenters. The van der Waals surface area contributed by atoms with E-state index in [0.29, 0.717) is 30.0 Å². The van der Waals surface area contributed by atoms with Crippen LogP contribution >= 0.6 is 0 Å². The fourth-order valence-electron chi connectivity index (χ4n) is 6.94. The largest absolute Gasteiger partial charge is 0.393 e. The number of hydrogen-bond acceptors (Lipinski definition) is 3. The molecule has 2 saturated carbocycles. The fraction of sp³-hybridized carbons (Fsp3) is 0.577. The van der Waals surface area contributed by atoms with Crippen molar-refractivity contribution in [3.63, 3.8) is 0 Å². The Balaban J connectivity index is 1.64. The van der Waals surface area contributed by atoms with Gasteiger partial charge in [0.05, 0.1) is 6.10 Å². The zero-order valence-electron chi connectivity index (χ0n) is 17.9. The molecule has 0 amide bonds. The zero-order valence-corrected chi connectivity index (χ0v) is 17.9. The molecule has 1 aromatic carbocycles. The second-order valence-corrected chi connectivity index (χ2v) is 10.2. The Hall–Kier alpha value is -1.87. The molecular weight excluding hydrogens is 358 g/mol. The van der Waals surface area contributed by atoms with Gasteiger partial charge >= 0.3 is 0 Å². The van der Waals surface area contributed by atoms with Gasteiger partial charge in [0.1, 0.15) is 0 Å². The minimum absolute atomic E-state index is 0.00527. The van der Waals surface area contributed by atoms with E-state index in [1.807, 2.05) is 6.08 Å². The molecule has 4 aliphatic rings. The van der Waals surface area contributed by atoms with Gasteiger partial charge in [-0.15, -0.1) is 0 Å². The number of carbonyl (C=O) groups is 1. The molecule has 0 radical (unpaired) electrons. The molecule has 29 heavy (non-hydrogen) atoms. The molecule has 0 bridgehead atoms. The molecule has 4 aliphatic carbocycles. The van der Waals surface area contributed by atoms with Crippen LogP contribution in [0.4, 0.5) is 5.69 Å². The second-order valence-electron chi connectivity index (χ2n) is 10.2. The topological polar surface area (TPSA) is 40.5 Å². The summed E-state index contributed by atoms with van der Waals surface area (Å²) in [5, 5.41) is 10.9. The molecule has 1 N–H and O–H groups in total. The lowest BCUT2D eigenvalue weighted by Crippen LogP contribution is -2.45. The van der Waals surface area contributed by atoms with E-state index < -0.39 is 0 Å². The van der Waals surface area contributed by atoms with Crippen molar-refractivity contribution in [3.05, 3.63) is 52.6 Å². The summed E-state index contributed by atoms with van der Waals surface area (Å²) in [7, 11) is 4.15. The first-order chi connectivity index (χ1) is 13.9. The van der Waals surface area contributed by atoms with Crippen LogP contribution in [0.3, 0.4) is 0 Å². The van der Waals surface area contributed by atoms with E-state index in [1.54, 1.807) is 5.57 Å². The third-order valence-electron chi connectivity index (χ3n) is 8.49. The maximum Gasteiger partial charge on any atom is 0.156 e. The van der Waals surface area contributed by atoms with Crippen molar-refractivity contribution < 1.29 is 9.90 Å². The molecule has 3 nitrogen and oxygen atoms in total. The van der Waals surface area contributed by atoms with Gasteiger partial charge in [0.2, 0.25) is 0 Å². The summed E-state index contributed by atoms with van der Waals surface area (Å²) < 4.78 is 0. The summed E-state index contributed by atoms with van der Waals surface area (Å²) in [4.78, 5) is 14.2. The minimum Gasteiger partial charge on any atom is -0.393 e. The van der Waals surface area contributed by atoms with Crippen molar-refractivity contribution >= 4 is 11.5 Å². The van der Waals surface area contributed by atoms with Gasteiger partial charge in [0, 0.05) is 32.1 Å². The van der Waals surface area contributed by atoms with Gasteiger partial charge in [-0.05, 0) is 90.7 Å². The van der Waals surface area contributed by atoms with Crippen molar-refractivity contribution in [2.45, 2.75) is 63.9 Å². The van der Waals surface area contributed by atoms with E-state index in [4.69, 9.17) is 0 Å². The van der Waals surface area contributed by atoms with Crippen LogP contribution in [-0.4, -0.2) is 31.1 Å². The fourth-order valence-corrected chi connectivity index (χ4v) is 6.94. The number of hydrogen-bond donors (Lipinski definition) is 1. The summed E-state index contributed by atoms with van der Waals surface area (Å²) in [5.74, 6) is 1.80. The van der Waals surface area contributed by atoms with Crippen molar-refractivity contribution in [1.29, 1.82) is 0 Å². The number of allylic oxidation sites excluding steroid dienone is 4. The smallest absolute Gasteiger partial charge is 0.156 e. The van der Waals surface area contributed by atoms with E-state index in [-0.39, 0.29) is 11.5 Å². The molecule has 154 valence electrons. The molecule has 2 fully saturated rings. The zero-order chi connectivity index (χ0) is 20.3. The standard InChI is InChI=1S/C26H33NO2/c1-26-15-22(16-4-7-18(8-5-16)27(2)3)25-20-11-9-19(28)14-17(20)6-10-21(25)23(26)12-13-24(26)29/h4-5,7-8,14,21-24,29H,6,9-13,15H2,1-3H3/t21-,22+,23-,24?,26-/m0/s1. The van der Waals surface area contributed by atoms with E-state index in [0.717, 1.165) is 38.5 Å². The number of anilines is 1. The van der Waals surface area contributed by atoms with Gasteiger partial charge in [-0.3, -0.25) is 4.79 Å². The number of aliphatic hydroxyl groups is 1. The molecule has 0 aromatic heterocycles. The van der Waals surface area contributed by atoms with Gasteiger partial charge in [0.25, 0.3) is 0 Å². The normalized spacial score (nSPS) is 36.3. The Labute approximate surface area is 174 Å². The van der Waals surface area contributed by atoms with Gasteiger partial charge in [-0.2, -0.15) is 0 Å². The quantitative estimate of drug-likeness (QED) is 0.770. The van der Waals surface area contributed by atoms with Gasteiger partial charge in [-0.1, -0.05) is 24.6 Å². The van der Waals surface area contributed by atoms with Crippen LogP contribution in [0.15, 0.2) is 47.1 Å². The van der Waals surface area contributed by atoms with Crippen LogP contribution < -0.4 is 4.90 Å². The van der Waals surface area contributed by atoms with E-state index in [1.165, 1.54) is 22.4 Å². The number of fused-ring (bicyclic) bond motifs is 4. The summed E-state index contributed by atoms with van der Waals surface area (Å²) in [6, 6.07) is 9.03. The van der Waals surface area contributed by atoms with Crippen LogP contribution in [0.1, 0.15) is 63.4 Å². The highest BCUT2D eigenvalue weighted by atomic mass is 16.3. The van der Waals surface area contributed by atoms with Crippen LogP contribution in [0, 0.1) is 17.3 Å². The number of rotatable bonds is 2. The SMILES string of the molecule is CN(C)c1ccc([C@H]2C[C@]3(C)C(O)CC[C@H]3[C@@H]3CCC4=CC(=O)CCC4=C32)cc1. The highest BCUT2D eigenvalue weighted by molar-refractivity contribution is 5.93. The van der Waals surface area contributed by atoms with E-state index in [9.17, 15) is 9.90 Å². The molecule has 0 heterocycles. The molecule has 3 heteroatoms. The van der Waals surface area contributed by atoms with Crippen molar-refractivity contribution in [2.75, 3.05) is 19.0 Å². The summed E-state index contributed by atoms with van der Waals surface area (Å²) in [5.41, 5.74) is 7.02. The van der Waals surface area contributed by atoms with Crippen molar-refractivity contribution in [2.24, 2.45) is 17.3 Å². The monoisotopic (exact) mass is 391 g/mol. The Morgan fingerprint density at radius 1 is 1.03 bits per heavy atom. The van der Waals surface area contributed by atoms with Crippen LogP contribution in [-0.2, 0) is 4.79 Å². The van der Waals surface area contributed by atoms with Gasteiger partial charge in [-0.25, -0.2) is 0 Å². The lowest BCUT2D eigenvalue weighted by molar-refractivity contribution is -0.114. The average Bonchev–Trinajstić information content (AvgIpc) is 3.01.